The van der Waals surface area contributed by atoms with Gasteiger partial charge in [-0.3, -0.25) is 0 Å². The summed E-state index contributed by atoms with van der Waals surface area (Å²) < 4.78 is 1.86. The minimum absolute atomic E-state index is 0.191. The van der Waals surface area contributed by atoms with E-state index in [-0.39, 0.29) is 6.10 Å². The zero-order valence-corrected chi connectivity index (χ0v) is 16.8. The number of nitrogens with one attached hydrogen (secondary N) is 1. The Morgan fingerprint density at radius 1 is 1.24 bits per heavy atom. The molecule has 1 fully saturated rings. The highest BCUT2D eigenvalue weighted by Gasteiger charge is 2.17. The lowest BCUT2D eigenvalue weighted by molar-refractivity contribution is 0.144. The highest BCUT2D eigenvalue weighted by atomic mass is 16.3. The number of allylic oxidation sites excluding steroid dienone is 1. The van der Waals surface area contributed by atoms with E-state index in [2.05, 4.69) is 23.4 Å². The molecule has 0 radical (unpaired) electrons. The fourth-order valence-electron chi connectivity index (χ4n) is 3.61. The van der Waals surface area contributed by atoms with Crippen LogP contribution in [0.5, 0.6) is 0 Å². The van der Waals surface area contributed by atoms with Crippen molar-refractivity contribution < 1.29 is 5.11 Å². The molecular formula is C22H28N6O. The van der Waals surface area contributed by atoms with E-state index in [0.29, 0.717) is 5.95 Å². The van der Waals surface area contributed by atoms with Crippen LogP contribution in [0.3, 0.4) is 0 Å². The van der Waals surface area contributed by atoms with Gasteiger partial charge >= 0.3 is 0 Å². The number of nitrogen functional groups attached to an aromatic ring is 1. The molecule has 7 heteroatoms. The van der Waals surface area contributed by atoms with Crippen molar-refractivity contribution in [2.24, 2.45) is 0 Å². The highest BCUT2D eigenvalue weighted by molar-refractivity contribution is 5.92. The van der Waals surface area contributed by atoms with Gasteiger partial charge in [-0.15, -0.1) is 0 Å². The summed E-state index contributed by atoms with van der Waals surface area (Å²) >= 11 is 0. The minimum atomic E-state index is -0.191. The summed E-state index contributed by atoms with van der Waals surface area (Å²) in [6.07, 6.45) is 9.27. The molecule has 2 aromatic heterocycles. The van der Waals surface area contributed by atoms with Crippen LogP contribution in [0.2, 0.25) is 0 Å². The lowest BCUT2D eigenvalue weighted by Gasteiger charge is -2.18. The van der Waals surface area contributed by atoms with E-state index in [9.17, 15) is 5.11 Å². The fourth-order valence-corrected chi connectivity index (χ4v) is 3.61. The molecule has 0 unspecified atom stereocenters. The summed E-state index contributed by atoms with van der Waals surface area (Å²) in [5.74, 6) is 0.619. The second-order valence-electron chi connectivity index (χ2n) is 7.64. The van der Waals surface area contributed by atoms with E-state index in [1.54, 1.807) is 0 Å². The molecule has 2 heterocycles. The summed E-state index contributed by atoms with van der Waals surface area (Å²) in [5, 5.41) is 18.8. The maximum atomic E-state index is 9.79. The molecule has 1 aromatic carbocycles. The fraction of sp³-hybridized carbons (Fsp3) is 0.409. The smallest absolute Gasteiger partial charge is 0.224 e. The van der Waals surface area contributed by atoms with Gasteiger partial charge in [-0.05, 0) is 44.2 Å². The summed E-state index contributed by atoms with van der Waals surface area (Å²) in [4.78, 5) is 9.25. The molecule has 4 rings (SSSR count). The average molecular weight is 393 g/mol. The molecule has 1 saturated carbocycles. The number of unbranched alkanes of at least 4 members (excludes halogenated alkanes) is 1. The number of rotatable bonds is 6. The van der Waals surface area contributed by atoms with Crippen LogP contribution in [0, 0.1) is 0 Å². The third-order valence-electron chi connectivity index (χ3n) is 5.35. The lowest BCUT2D eigenvalue weighted by Crippen LogP contribution is -2.13. The third-order valence-corrected chi connectivity index (χ3v) is 5.35. The quantitative estimate of drug-likeness (QED) is 0.432. The van der Waals surface area contributed by atoms with E-state index in [0.717, 1.165) is 73.0 Å². The van der Waals surface area contributed by atoms with E-state index in [1.807, 2.05) is 35.1 Å². The van der Waals surface area contributed by atoms with Gasteiger partial charge in [0.2, 0.25) is 5.95 Å². The molecule has 0 bridgehead atoms. The van der Waals surface area contributed by atoms with Crippen molar-refractivity contribution in [1.82, 2.24) is 19.7 Å². The van der Waals surface area contributed by atoms with Crippen LogP contribution in [-0.4, -0.2) is 37.5 Å². The Kier molecular flexibility index (Phi) is 5.76. The number of fused-ring (bicyclic) bond motifs is 1. The molecule has 29 heavy (non-hydrogen) atoms. The van der Waals surface area contributed by atoms with Crippen LogP contribution < -0.4 is 11.1 Å². The maximum absolute atomic E-state index is 9.79. The van der Waals surface area contributed by atoms with Gasteiger partial charge in [0.25, 0.3) is 0 Å². The molecular weight excluding hydrogens is 364 g/mol. The zero-order valence-electron chi connectivity index (χ0n) is 16.8. The largest absolute Gasteiger partial charge is 0.399 e. The first kappa shape index (κ1) is 19.4. The number of aliphatic hydroxyl groups excluding tert-OH is 1. The van der Waals surface area contributed by atoms with Crippen LogP contribution in [0.25, 0.3) is 28.5 Å². The summed E-state index contributed by atoms with van der Waals surface area (Å²) in [6, 6.07) is 7.70. The monoisotopic (exact) mass is 392 g/mol. The molecule has 7 nitrogen and oxygen atoms in total. The van der Waals surface area contributed by atoms with Crippen molar-refractivity contribution in [3.8, 4) is 11.3 Å². The predicted molar refractivity (Wildman–Crippen MR) is 117 cm³/mol. The SMILES string of the molecule is CCCCNc1ncc2c(-c3ccc(N)cc3)nn(C=C3CCC(O)CC3)c2n1. The molecule has 0 aliphatic heterocycles. The van der Waals surface area contributed by atoms with Crippen molar-refractivity contribution >= 4 is 28.9 Å². The zero-order chi connectivity index (χ0) is 20.2. The van der Waals surface area contributed by atoms with E-state index in [1.165, 1.54) is 5.57 Å². The lowest BCUT2D eigenvalue weighted by atomic mass is 9.93. The molecule has 4 N–H and O–H groups in total. The maximum Gasteiger partial charge on any atom is 0.224 e. The number of hydrogen-bond acceptors (Lipinski definition) is 6. The standard InChI is InChI=1S/C22H28N6O/c1-2-3-12-24-22-25-13-19-20(16-6-8-17(23)9-7-16)27-28(21(19)26-22)14-15-4-10-18(29)11-5-15/h6-9,13-14,18,29H,2-5,10-12,23H2,1H3,(H,24,25,26). The number of aromatic nitrogens is 4. The van der Waals surface area contributed by atoms with Crippen LogP contribution in [0.4, 0.5) is 11.6 Å². The Balaban J connectivity index is 1.75. The minimum Gasteiger partial charge on any atom is -0.399 e. The summed E-state index contributed by atoms with van der Waals surface area (Å²) in [7, 11) is 0. The van der Waals surface area contributed by atoms with Crippen LogP contribution in [0.1, 0.15) is 45.4 Å². The number of nitrogens with two attached hydrogens (primary N) is 1. The van der Waals surface area contributed by atoms with Gasteiger partial charge in [0, 0.05) is 30.2 Å². The molecule has 0 amide bonds. The number of anilines is 2. The Morgan fingerprint density at radius 3 is 2.72 bits per heavy atom. The molecule has 0 atom stereocenters. The normalized spacial score (nSPS) is 16.9. The topological polar surface area (TPSA) is 102 Å². The van der Waals surface area contributed by atoms with Crippen LogP contribution in [-0.2, 0) is 0 Å². The Hall–Kier alpha value is -2.93. The average Bonchev–Trinajstić information content (AvgIpc) is 3.08. The van der Waals surface area contributed by atoms with Gasteiger partial charge in [-0.1, -0.05) is 31.1 Å². The van der Waals surface area contributed by atoms with Crippen molar-refractivity contribution in [3.05, 3.63) is 36.0 Å². The summed E-state index contributed by atoms with van der Waals surface area (Å²) in [6.45, 7) is 3.01. The molecule has 152 valence electrons. The van der Waals surface area contributed by atoms with Gasteiger partial charge in [-0.2, -0.15) is 10.1 Å². The Morgan fingerprint density at radius 2 is 2.00 bits per heavy atom. The van der Waals surface area contributed by atoms with Crippen molar-refractivity contribution in [2.45, 2.75) is 51.6 Å². The summed E-state index contributed by atoms with van der Waals surface area (Å²) in [5.41, 5.74) is 10.5. The van der Waals surface area contributed by atoms with E-state index in [4.69, 9.17) is 15.8 Å². The van der Waals surface area contributed by atoms with E-state index >= 15 is 0 Å². The first-order valence-corrected chi connectivity index (χ1v) is 10.4. The van der Waals surface area contributed by atoms with Gasteiger partial charge in [0.05, 0.1) is 11.5 Å². The van der Waals surface area contributed by atoms with Crippen molar-refractivity contribution in [1.29, 1.82) is 0 Å². The van der Waals surface area contributed by atoms with Gasteiger partial charge in [-0.25, -0.2) is 9.67 Å². The van der Waals surface area contributed by atoms with Gasteiger partial charge < -0.3 is 16.2 Å². The Bertz CT molecular complexity index is 998. The molecule has 3 aromatic rings. The van der Waals surface area contributed by atoms with Crippen molar-refractivity contribution in [3.63, 3.8) is 0 Å². The molecule has 0 spiro atoms. The second-order valence-corrected chi connectivity index (χ2v) is 7.64. The first-order chi connectivity index (χ1) is 14.1. The highest BCUT2D eigenvalue weighted by Crippen LogP contribution is 2.30. The molecule has 0 saturated heterocycles. The molecule has 1 aliphatic carbocycles. The Labute approximate surface area is 170 Å². The van der Waals surface area contributed by atoms with Crippen molar-refractivity contribution in [2.75, 3.05) is 17.6 Å². The second kappa shape index (κ2) is 8.61. The van der Waals surface area contributed by atoms with Gasteiger partial charge in [0.1, 0.15) is 5.69 Å². The number of aliphatic hydroxyl groups is 1. The van der Waals surface area contributed by atoms with E-state index < -0.39 is 0 Å². The van der Waals surface area contributed by atoms with Gasteiger partial charge in [0.15, 0.2) is 5.65 Å². The number of hydrogen-bond donors (Lipinski definition) is 3. The van der Waals surface area contributed by atoms with Crippen LogP contribution >= 0.6 is 0 Å². The first-order valence-electron chi connectivity index (χ1n) is 10.4. The third kappa shape index (κ3) is 4.40. The number of nitrogens with zero attached hydrogens (tertiary/aromatic N) is 4. The molecule has 1 aliphatic rings. The van der Waals surface area contributed by atoms with Crippen LogP contribution in [0.15, 0.2) is 36.0 Å². The predicted octanol–water partition coefficient (Wildman–Crippen LogP) is 4.06. The number of benzene rings is 1.